The maximum Gasteiger partial charge on any atom is 0.411 e. The van der Waals surface area contributed by atoms with Crippen molar-refractivity contribution in [2.45, 2.75) is 122 Å². The van der Waals surface area contributed by atoms with Crippen molar-refractivity contribution < 1.29 is 29.0 Å². The molecule has 0 spiro atoms. The van der Waals surface area contributed by atoms with Gasteiger partial charge in [0.2, 0.25) is 0 Å². The predicted octanol–water partition coefficient (Wildman–Crippen LogP) is 8.23. The van der Waals surface area contributed by atoms with E-state index in [0.29, 0.717) is 5.92 Å². The minimum atomic E-state index is -1.54. The topological polar surface area (TPSA) is 96.4 Å². The van der Waals surface area contributed by atoms with Gasteiger partial charge in [-0.15, -0.1) is 0 Å². The molecule has 0 aromatic heterocycles. The highest BCUT2D eigenvalue weighted by Crippen LogP contribution is 2.46. The summed E-state index contributed by atoms with van der Waals surface area (Å²) in [5.41, 5.74) is 1.37. The number of rotatable bonds is 7. The maximum absolute atomic E-state index is 14.4. The Labute approximate surface area is 268 Å². The molecular weight excluding hydrogens is 568 g/mol. The summed E-state index contributed by atoms with van der Waals surface area (Å²) in [6.07, 6.45) is 5.48. The number of nitrogens with zero attached hydrogens (tertiary/aromatic N) is 2. The molecule has 45 heavy (non-hydrogen) atoms. The van der Waals surface area contributed by atoms with E-state index in [2.05, 4.69) is 24.3 Å². The summed E-state index contributed by atoms with van der Waals surface area (Å²) < 4.78 is 11.9. The molecule has 2 fully saturated rings. The third-order valence-corrected chi connectivity index (χ3v) is 10.1. The van der Waals surface area contributed by atoms with Gasteiger partial charge in [-0.25, -0.2) is 14.4 Å². The van der Waals surface area contributed by atoms with Crippen LogP contribution >= 0.6 is 0 Å². The van der Waals surface area contributed by atoms with Gasteiger partial charge in [0, 0.05) is 30.5 Å². The smallest absolute Gasteiger partial charge is 0.411 e. The van der Waals surface area contributed by atoms with E-state index < -0.39 is 34.8 Å². The Bertz CT molecular complexity index is 1360. The van der Waals surface area contributed by atoms with Crippen molar-refractivity contribution in [3.05, 3.63) is 59.7 Å². The van der Waals surface area contributed by atoms with Gasteiger partial charge < -0.3 is 19.5 Å². The molecule has 2 aromatic carbocycles. The molecule has 2 aromatic rings. The Morgan fingerprint density at radius 1 is 0.978 bits per heavy atom. The number of ether oxygens (including phenoxy) is 2. The van der Waals surface area contributed by atoms with Crippen LogP contribution in [0.2, 0.25) is 0 Å². The van der Waals surface area contributed by atoms with Crippen LogP contribution in [-0.2, 0) is 14.3 Å². The zero-order valence-electron chi connectivity index (χ0n) is 27.8. The highest BCUT2D eigenvalue weighted by molar-refractivity contribution is 5.86. The van der Waals surface area contributed by atoms with E-state index in [9.17, 15) is 19.5 Å². The number of hydrogen-bond donors (Lipinski definition) is 1. The zero-order chi connectivity index (χ0) is 32.6. The number of benzene rings is 2. The summed E-state index contributed by atoms with van der Waals surface area (Å²) in [7, 11) is 0. The molecule has 1 unspecified atom stereocenters. The first-order valence-corrected chi connectivity index (χ1v) is 16.6. The number of hydrogen-bond acceptors (Lipinski definition) is 5. The monoisotopic (exact) mass is 618 g/mol. The molecule has 1 N–H and O–H groups in total. The van der Waals surface area contributed by atoms with Crippen LogP contribution in [0.1, 0.15) is 110 Å². The Kier molecular flexibility index (Phi) is 9.25. The first-order chi connectivity index (χ1) is 21.2. The summed E-state index contributed by atoms with van der Waals surface area (Å²) in [6.45, 7) is 11.4. The van der Waals surface area contributed by atoms with E-state index in [4.69, 9.17) is 9.47 Å². The number of aliphatic carboxylic acids is 1. The summed E-state index contributed by atoms with van der Waals surface area (Å²) in [4.78, 5) is 44.1. The normalized spacial score (nSPS) is 22.2. The SMILES string of the molecule is C[C@H](CC1CCCCC1)N(C(=O)OCC1c2ccccc2-c2ccccc21)C1(C(=O)O)CCN(C(=O)OC(C)(C)C)C(C)(C)C1. The van der Waals surface area contributed by atoms with Crippen LogP contribution in [0, 0.1) is 5.92 Å². The van der Waals surface area contributed by atoms with Gasteiger partial charge in [-0.1, -0.05) is 80.6 Å². The van der Waals surface area contributed by atoms with Gasteiger partial charge >= 0.3 is 18.2 Å². The second-order valence-corrected chi connectivity index (χ2v) is 15.0. The molecule has 2 amide bonds. The number of fused-ring (bicyclic) bond motifs is 3. The number of carbonyl (C=O) groups excluding carboxylic acids is 2. The first kappa shape index (κ1) is 32.8. The number of carboxylic acid groups (broad SMARTS) is 1. The van der Waals surface area contributed by atoms with E-state index in [1.165, 1.54) is 11.3 Å². The van der Waals surface area contributed by atoms with Crippen LogP contribution in [0.5, 0.6) is 0 Å². The second kappa shape index (κ2) is 12.7. The van der Waals surface area contributed by atoms with Crippen LogP contribution < -0.4 is 0 Å². The molecule has 2 aliphatic carbocycles. The second-order valence-electron chi connectivity index (χ2n) is 15.0. The fourth-order valence-electron chi connectivity index (χ4n) is 8.10. The van der Waals surface area contributed by atoms with Crippen molar-refractivity contribution >= 4 is 18.2 Å². The van der Waals surface area contributed by atoms with Gasteiger partial charge in [-0.05, 0) is 82.6 Å². The highest BCUT2D eigenvalue weighted by Gasteiger charge is 2.57. The van der Waals surface area contributed by atoms with Crippen LogP contribution in [0.25, 0.3) is 11.1 Å². The molecular formula is C37H50N2O6. The molecule has 1 saturated carbocycles. The van der Waals surface area contributed by atoms with Gasteiger partial charge in [0.15, 0.2) is 0 Å². The lowest BCUT2D eigenvalue weighted by Gasteiger charge is -2.54. The summed E-state index contributed by atoms with van der Waals surface area (Å²) in [6, 6.07) is 16.0. The standard InChI is InChI=1S/C37H50N2O6/c1-25(22-26-14-8-7-9-15-26)39(37(32(40)41)20-21-38(36(5,6)24-37)33(42)45-35(2,3)4)34(43)44-23-31-29-18-12-10-16-27(29)28-17-11-13-19-30(28)31/h10-13,16-19,25-26,31H,7-9,14-15,20-24H2,1-6H3,(H,40,41)/t25-,37?/m1/s1. The molecule has 1 heterocycles. The number of carboxylic acids is 1. The molecule has 0 radical (unpaired) electrons. The van der Waals surface area contributed by atoms with Crippen LogP contribution in [0.3, 0.4) is 0 Å². The first-order valence-electron chi connectivity index (χ1n) is 16.6. The third kappa shape index (κ3) is 6.70. The predicted molar refractivity (Wildman–Crippen MR) is 174 cm³/mol. The van der Waals surface area contributed by atoms with Crippen LogP contribution in [0.4, 0.5) is 9.59 Å². The average molecular weight is 619 g/mol. The van der Waals surface area contributed by atoms with E-state index in [1.54, 1.807) is 4.90 Å². The minimum absolute atomic E-state index is 0.0633. The fraction of sp³-hybridized carbons (Fsp3) is 0.595. The Balaban J connectivity index is 1.44. The highest BCUT2D eigenvalue weighted by atomic mass is 16.6. The summed E-state index contributed by atoms with van der Waals surface area (Å²) in [5.74, 6) is -0.773. The molecule has 8 nitrogen and oxygen atoms in total. The quantitative estimate of drug-likeness (QED) is 0.336. The van der Waals surface area contributed by atoms with Crippen LogP contribution in [-0.4, -0.2) is 68.9 Å². The van der Waals surface area contributed by atoms with Gasteiger partial charge in [0.05, 0.1) is 0 Å². The van der Waals surface area contributed by atoms with E-state index in [-0.39, 0.29) is 38.0 Å². The van der Waals surface area contributed by atoms with Crippen molar-refractivity contribution in [3.8, 4) is 11.1 Å². The minimum Gasteiger partial charge on any atom is -0.479 e. The molecule has 3 aliphatic rings. The lowest BCUT2D eigenvalue weighted by atomic mass is 9.74. The fourth-order valence-corrected chi connectivity index (χ4v) is 8.10. The Morgan fingerprint density at radius 2 is 1.56 bits per heavy atom. The number of amides is 2. The summed E-state index contributed by atoms with van der Waals surface area (Å²) in [5, 5.41) is 11.0. The van der Waals surface area contributed by atoms with Crippen molar-refractivity contribution in [1.29, 1.82) is 0 Å². The molecule has 244 valence electrons. The van der Waals surface area contributed by atoms with Crippen molar-refractivity contribution in [2.75, 3.05) is 13.2 Å². The molecule has 2 atom stereocenters. The van der Waals surface area contributed by atoms with Crippen molar-refractivity contribution in [1.82, 2.24) is 9.80 Å². The average Bonchev–Trinajstić information content (AvgIpc) is 3.28. The lowest BCUT2D eigenvalue weighted by molar-refractivity contribution is -0.160. The molecule has 8 heteroatoms. The molecule has 5 rings (SSSR count). The zero-order valence-corrected chi connectivity index (χ0v) is 27.8. The van der Waals surface area contributed by atoms with Crippen LogP contribution in [0.15, 0.2) is 48.5 Å². The van der Waals surface area contributed by atoms with Gasteiger partial charge in [0.1, 0.15) is 17.7 Å². The van der Waals surface area contributed by atoms with Gasteiger partial charge in [-0.3, -0.25) is 4.90 Å². The number of piperidine rings is 1. The lowest BCUT2D eigenvalue weighted by Crippen LogP contribution is -2.69. The molecule has 1 saturated heterocycles. The Hall–Kier alpha value is -3.55. The Morgan fingerprint density at radius 3 is 2.09 bits per heavy atom. The van der Waals surface area contributed by atoms with Gasteiger partial charge in [0.25, 0.3) is 0 Å². The van der Waals surface area contributed by atoms with E-state index in [1.807, 2.05) is 65.8 Å². The van der Waals surface area contributed by atoms with E-state index in [0.717, 1.165) is 54.4 Å². The van der Waals surface area contributed by atoms with Gasteiger partial charge in [-0.2, -0.15) is 0 Å². The largest absolute Gasteiger partial charge is 0.479 e. The molecule has 1 aliphatic heterocycles. The third-order valence-electron chi connectivity index (χ3n) is 10.1. The summed E-state index contributed by atoms with van der Waals surface area (Å²) >= 11 is 0. The van der Waals surface area contributed by atoms with E-state index >= 15 is 0 Å². The van der Waals surface area contributed by atoms with Crippen molar-refractivity contribution in [3.63, 3.8) is 0 Å². The van der Waals surface area contributed by atoms with Crippen molar-refractivity contribution in [2.24, 2.45) is 5.92 Å². The molecule has 0 bridgehead atoms. The number of likely N-dealkylation sites (tertiary alicyclic amines) is 1. The maximum atomic E-state index is 14.4. The number of carbonyl (C=O) groups is 3.